The number of phenolic OH excluding ortho intramolecular Hbond substituents is 1. The van der Waals surface area contributed by atoms with Gasteiger partial charge in [0.25, 0.3) is 0 Å². The lowest BCUT2D eigenvalue weighted by Crippen LogP contribution is -1.99. The van der Waals surface area contributed by atoms with E-state index in [0.29, 0.717) is 11.7 Å². The fourth-order valence-corrected chi connectivity index (χ4v) is 1.28. The van der Waals surface area contributed by atoms with Crippen molar-refractivity contribution in [3.63, 3.8) is 0 Å². The summed E-state index contributed by atoms with van der Waals surface area (Å²) < 4.78 is 5.51. The molecule has 0 saturated heterocycles. The minimum Gasteiger partial charge on any atom is -0.504 e. The first-order chi connectivity index (χ1) is 6.79. The van der Waals surface area contributed by atoms with Crippen molar-refractivity contribution in [3.05, 3.63) is 18.2 Å². The summed E-state index contributed by atoms with van der Waals surface area (Å²) in [4.78, 5) is 0. The first-order valence-electron chi connectivity index (χ1n) is 4.93. The Hall–Kier alpha value is -1.38. The van der Waals surface area contributed by atoms with Crippen molar-refractivity contribution in [2.45, 2.75) is 12.8 Å². The SMILES string of the molecule is CNc1ccc(O)c(OCC2CC2)c1. The average Bonchev–Trinajstić information content (AvgIpc) is 3.00. The van der Waals surface area contributed by atoms with Crippen LogP contribution in [0, 0.1) is 5.92 Å². The molecule has 14 heavy (non-hydrogen) atoms. The van der Waals surface area contributed by atoms with Gasteiger partial charge in [-0.05, 0) is 30.9 Å². The van der Waals surface area contributed by atoms with E-state index in [0.717, 1.165) is 12.3 Å². The summed E-state index contributed by atoms with van der Waals surface area (Å²) in [6, 6.07) is 5.28. The second-order valence-corrected chi connectivity index (χ2v) is 3.69. The number of ether oxygens (including phenoxy) is 1. The van der Waals surface area contributed by atoms with Crippen LogP contribution in [0.15, 0.2) is 18.2 Å². The first-order valence-corrected chi connectivity index (χ1v) is 4.93. The van der Waals surface area contributed by atoms with Crippen LogP contribution in [0.3, 0.4) is 0 Å². The lowest BCUT2D eigenvalue weighted by atomic mass is 10.3. The van der Waals surface area contributed by atoms with Crippen molar-refractivity contribution in [1.82, 2.24) is 0 Å². The monoisotopic (exact) mass is 193 g/mol. The number of phenols is 1. The minimum atomic E-state index is 0.213. The minimum absolute atomic E-state index is 0.213. The topological polar surface area (TPSA) is 41.5 Å². The van der Waals surface area contributed by atoms with Gasteiger partial charge in [-0.1, -0.05) is 0 Å². The van der Waals surface area contributed by atoms with Gasteiger partial charge in [0.15, 0.2) is 11.5 Å². The third-order valence-electron chi connectivity index (χ3n) is 2.42. The zero-order valence-electron chi connectivity index (χ0n) is 8.29. The second kappa shape index (κ2) is 3.78. The van der Waals surface area contributed by atoms with Gasteiger partial charge in [-0.2, -0.15) is 0 Å². The standard InChI is InChI=1S/C11H15NO2/c1-12-9-4-5-10(13)11(6-9)14-7-8-2-3-8/h4-6,8,12-13H,2-3,7H2,1H3. The summed E-state index contributed by atoms with van der Waals surface area (Å²) in [5.74, 6) is 1.49. The molecule has 0 unspecified atom stereocenters. The molecule has 1 aliphatic carbocycles. The molecule has 0 aliphatic heterocycles. The molecule has 0 spiro atoms. The number of aromatic hydroxyl groups is 1. The van der Waals surface area contributed by atoms with E-state index in [1.807, 2.05) is 19.2 Å². The number of rotatable bonds is 4. The molecule has 1 aliphatic rings. The normalized spacial score (nSPS) is 15.2. The summed E-state index contributed by atoms with van der Waals surface area (Å²) >= 11 is 0. The maximum Gasteiger partial charge on any atom is 0.162 e. The fraction of sp³-hybridized carbons (Fsp3) is 0.455. The summed E-state index contributed by atoms with van der Waals surface area (Å²) in [5.41, 5.74) is 0.952. The molecule has 0 atom stereocenters. The van der Waals surface area contributed by atoms with Gasteiger partial charge in [-0.25, -0.2) is 0 Å². The van der Waals surface area contributed by atoms with E-state index < -0.39 is 0 Å². The predicted molar refractivity (Wildman–Crippen MR) is 55.9 cm³/mol. The lowest BCUT2D eigenvalue weighted by Gasteiger charge is -2.09. The van der Waals surface area contributed by atoms with Gasteiger partial charge in [0.05, 0.1) is 6.61 Å². The van der Waals surface area contributed by atoms with Gasteiger partial charge in [-0.15, -0.1) is 0 Å². The summed E-state index contributed by atoms with van der Waals surface area (Å²) in [6.07, 6.45) is 2.51. The molecule has 3 nitrogen and oxygen atoms in total. The number of hydrogen-bond donors (Lipinski definition) is 2. The smallest absolute Gasteiger partial charge is 0.162 e. The van der Waals surface area contributed by atoms with Crippen LogP contribution in [0.25, 0.3) is 0 Å². The fourth-order valence-electron chi connectivity index (χ4n) is 1.28. The highest BCUT2D eigenvalue weighted by Gasteiger charge is 2.22. The molecule has 3 heteroatoms. The van der Waals surface area contributed by atoms with Crippen LogP contribution in [0.1, 0.15) is 12.8 Å². The van der Waals surface area contributed by atoms with Crippen LogP contribution in [-0.2, 0) is 0 Å². The Morgan fingerprint density at radius 3 is 2.93 bits per heavy atom. The number of nitrogens with one attached hydrogen (secondary N) is 1. The lowest BCUT2D eigenvalue weighted by molar-refractivity contribution is 0.284. The molecule has 2 N–H and O–H groups in total. The summed E-state index contributed by atoms with van der Waals surface area (Å²) in [7, 11) is 1.84. The van der Waals surface area contributed by atoms with E-state index >= 15 is 0 Å². The molecule has 0 heterocycles. The highest BCUT2D eigenvalue weighted by Crippen LogP contribution is 2.33. The molecule has 0 bridgehead atoms. The zero-order chi connectivity index (χ0) is 9.97. The molecule has 0 amide bonds. The highest BCUT2D eigenvalue weighted by atomic mass is 16.5. The second-order valence-electron chi connectivity index (χ2n) is 3.69. The van der Waals surface area contributed by atoms with E-state index in [9.17, 15) is 5.11 Å². The molecule has 1 aromatic carbocycles. The van der Waals surface area contributed by atoms with Crippen LogP contribution < -0.4 is 10.1 Å². The maximum atomic E-state index is 9.51. The van der Waals surface area contributed by atoms with Gasteiger partial charge in [0, 0.05) is 18.8 Å². The summed E-state index contributed by atoms with van der Waals surface area (Å²) in [6.45, 7) is 0.723. The molecule has 2 rings (SSSR count). The Bertz CT molecular complexity index is 321. The van der Waals surface area contributed by atoms with E-state index in [-0.39, 0.29) is 5.75 Å². The molecule has 1 fully saturated rings. The Morgan fingerprint density at radius 2 is 2.29 bits per heavy atom. The van der Waals surface area contributed by atoms with Crippen LogP contribution >= 0.6 is 0 Å². The highest BCUT2D eigenvalue weighted by molar-refractivity contribution is 5.53. The zero-order valence-corrected chi connectivity index (χ0v) is 8.29. The molecule has 1 aromatic rings. The van der Waals surface area contributed by atoms with Gasteiger partial charge >= 0.3 is 0 Å². The van der Waals surface area contributed by atoms with Crippen molar-refractivity contribution in [1.29, 1.82) is 0 Å². The molecular weight excluding hydrogens is 178 g/mol. The van der Waals surface area contributed by atoms with Gasteiger partial charge < -0.3 is 15.2 Å². The number of anilines is 1. The Kier molecular flexibility index (Phi) is 2.48. The van der Waals surface area contributed by atoms with Gasteiger partial charge in [-0.3, -0.25) is 0 Å². The first kappa shape index (κ1) is 9.19. The van der Waals surface area contributed by atoms with Crippen molar-refractivity contribution in [2.24, 2.45) is 5.92 Å². The predicted octanol–water partition coefficient (Wildman–Crippen LogP) is 2.22. The van der Waals surface area contributed by atoms with Crippen LogP contribution in [0.2, 0.25) is 0 Å². The third kappa shape index (κ3) is 2.10. The Balaban J connectivity index is 2.04. The van der Waals surface area contributed by atoms with Gasteiger partial charge in [0.1, 0.15) is 0 Å². The summed E-state index contributed by atoms with van der Waals surface area (Å²) in [5, 5.41) is 12.5. The quantitative estimate of drug-likeness (QED) is 0.720. The third-order valence-corrected chi connectivity index (χ3v) is 2.42. The van der Waals surface area contributed by atoms with Crippen LogP contribution in [0.4, 0.5) is 5.69 Å². The average molecular weight is 193 g/mol. The number of benzene rings is 1. The van der Waals surface area contributed by atoms with E-state index in [1.165, 1.54) is 12.8 Å². The Morgan fingerprint density at radius 1 is 1.50 bits per heavy atom. The van der Waals surface area contributed by atoms with E-state index in [2.05, 4.69) is 5.32 Å². The van der Waals surface area contributed by atoms with E-state index in [4.69, 9.17) is 4.74 Å². The van der Waals surface area contributed by atoms with Crippen molar-refractivity contribution >= 4 is 5.69 Å². The maximum absolute atomic E-state index is 9.51. The largest absolute Gasteiger partial charge is 0.504 e. The van der Waals surface area contributed by atoms with Crippen molar-refractivity contribution < 1.29 is 9.84 Å². The van der Waals surface area contributed by atoms with Crippen molar-refractivity contribution in [2.75, 3.05) is 19.0 Å². The van der Waals surface area contributed by atoms with Crippen LogP contribution in [0.5, 0.6) is 11.5 Å². The van der Waals surface area contributed by atoms with E-state index in [1.54, 1.807) is 6.07 Å². The molecule has 76 valence electrons. The van der Waals surface area contributed by atoms with Gasteiger partial charge in [0.2, 0.25) is 0 Å². The molecular formula is C11H15NO2. The molecule has 0 radical (unpaired) electrons. The molecule has 0 aromatic heterocycles. The molecule has 1 saturated carbocycles. The van der Waals surface area contributed by atoms with Crippen LogP contribution in [-0.4, -0.2) is 18.8 Å². The number of hydrogen-bond acceptors (Lipinski definition) is 3. The Labute approximate surface area is 83.7 Å². The van der Waals surface area contributed by atoms with Crippen molar-refractivity contribution in [3.8, 4) is 11.5 Å².